The van der Waals surface area contributed by atoms with Gasteiger partial charge in [-0.05, 0) is 44.9 Å². The molecule has 0 atom stereocenters. The van der Waals surface area contributed by atoms with Crippen molar-refractivity contribution in [2.24, 2.45) is 5.92 Å². The lowest BCUT2D eigenvalue weighted by molar-refractivity contribution is 0.0664. The SMILES string of the molecule is CC(=O)c1ccccc1-c1ccc(C(=O)N2CCN(C)CC2)c(NCC2CC2)n1. The highest BCUT2D eigenvalue weighted by atomic mass is 16.2. The molecule has 0 spiro atoms. The van der Waals surface area contributed by atoms with E-state index < -0.39 is 0 Å². The molecule has 1 N–H and O–H groups in total. The Morgan fingerprint density at radius 3 is 2.45 bits per heavy atom. The van der Waals surface area contributed by atoms with Gasteiger partial charge in [-0.15, -0.1) is 0 Å². The molecule has 0 radical (unpaired) electrons. The van der Waals surface area contributed by atoms with Crippen LogP contribution in [0.1, 0.15) is 40.5 Å². The number of nitrogens with one attached hydrogen (secondary N) is 1. The fourth-order valence-corrected chi connectivity index (χ4v) is 3.67. The maximum Gasteiger partial charge on any atom is 0.257 e. The number of anilines is 1. The third kappa shape index (κ3) is 4.48. The van der Waals surface area contributed by atoms with E-state index in [9.17, 15) is 9.59 Å². The molecule has 1 aromatic carbocycles. The number of hydrogen-bond acceptors (Lipinski definition) is 5. The second-order valence-corrected chi connectivity index (χ2v) is 8.11. The first kappa shape index (κ1) is 19.6. The van der Waals surface area contributed by atoms with Gasteiger partial charge in [0.1, 0.15) is 5.82 Å². The van der Waals surface area contributed by atoms with Crippen molar-refractivity contribution in [3.8, 4) is 11.3 Å². The maximum atomic E-state index is 13.2. The minimum absolute atomic E-state index is 0.00693. The van der Waals surface area contributed by atoms with Gasteiger partial charge in [-0.25, -0.2) is 4.98 Å². The van der Waals surface area contributed by atoms with Crippen LogP contribution in [0.25, 0.3) is 11.3 Å². The van der Waals surface area contributed by atoms with Crippen molar-refractivity contribution in [3.63, 3.8) is 0 Å². The summed E-state index contributed by atoms with van der Waals surface area (Å²) in [6, 6.07) is 11.2. The van der Waals surface area contributed by atoms with Gasteiger partial charge >= 0.3 is 0 Å². The molecule has 29 heavy (non-hydrogen) atoms. The summed E-state index contributed by atoms with van der Waals surface area (Å²) in [5, 5.41) is 3.41. The molecular weight excluding hydrogens is 364 g/mol. The summed E-state index contributed by atoms with van der Waals surface area (Å²) in [5.41, 5.74) is 2.77. The fraction of sp³-hybridized carbons (Fsp3) is 0.435. The summed E-state index contributed by atoms with van der Waals surface area (Å²) in [6.45, 7) is 5.62. The number of aromatic nitrogens is 1. The number of hydrogen-bond donors (Lipinski definition) is 1. The lowest BCUT2D eigenvalue weighted by Gasteiger charge is -2.32. The number of carbonyl (C=O) groups excluding carboxylic acids is 2. The van der Waals surface area contributed by atoms with Crippen molar-refractivity contribution in [1.82, 2.24) is 14.8 Å². The van der Waals surface area contributed by atoms with Crippen LogP contribution in [-0.4, -0.2) is 66.2 Å². The van der Waals surface area contributed by atoms with Gasteiger partial charge in [0.15, 0.2) is 5.78 Å². The van der Waals surface area contributed by atoms with Crippen LogP contribution >= 0.6 is 0 Å². The largest absolute Gasteiger partial charge is 0.369 e. The third-order valence-electron chi connectivity index (χ3n) is 5.75. The van der Waals surface area contributed by atoms with Gasteiger partial charge in [0, 0.05) is 43.9 Å². The van der Waals surface area contributed by atoms with Crippen LogP contribution in [0.15, 0.2) is 36.4 Å². The van der Waals surface area contributed by atoms with Crippen LogP contribution in [-0.2, 0) is 0 Å². The molecule has 2 aliphatic rings. The quantitative estimate of drug-likeness (QED) is 0.765. The van der Waals surface area contributed by atoms with Crippen LogP contribution in [0.5, 0.6) is 0 Å². The van der Waals surface area contributed by atoms with Crippen molar-refractivity contribution in [2.75, 3.05) is 45.1 Å². The van der Waals surface area contributed by atoms with Gasteiger partial charge in [-0.1, -0.05) is 24.3 Å². The molecule has 1 aliphatic heterocycles. The van der Waals surface area contributed by atoms with Gasteiger partial charge < -0.3 is 15.1 Å². The number of nitrogens with zero attached hydrogens (tertiary/aromatic N) is 3. The van der Waals surface area contributed by atoms with E-state index in [2.05, 4.69) is 17.3 Å². The fourth-order valence-electron chi connectivity index (χ4n) is 3.67. The molecule has 2 heterocycles. The van der Waals surface area contributed by atoms with Gasteiger partial charge in [0.05, 0.1) is 11.3 Å². The first-order valence-corrected chi connectivity index (χ1v) is 10.4. The zero-order valence-corrected chi connectivity index (χ0v) is 17.1. The second-order valence-electron chi connectivity index (χ2n) is 8.11. The summed E-state index contributed by atoms with van der Waals surface area (Å²) in [4.78, 5) is 34.2. The first-order chi connectivity index (χ1) is 14.0. The number of piperazine rings is 1. The summed E-state index contributed by atoms with van der Waals surface area (Å²) >= 11 is 0. The normalized spacial score (nSPS) is 17.2. The lowest BCUT2D eigenvalue weighted by Crippen LogP contribution is -2.47. The first-order valence-electron chi connectivity index (χ1n) is 10.4. The molecular formula is C23H28N4O2. The zero-order chi connectivity index (χ0) is 20.4. The molecule has 2 aromatic rings. The number of ketones is 1. The Bertz CT molecular complexity index is 915. The number of rotatable bonds is 6. The van der Waals surface area contributed by atoms with E-state index in [1.54, 1.807) is 6.92 Å². The number of carbonyl (C=O) groups is 2. The van der Waals surface area contributed by atoms with E-state index >= 15 is 0 Å². The zero-order valence-electron chi connectivity index (χ0n) is 17.1. The summed E-state index contributed by atoms with van der Waals surface area (Å²) in [6.07, 6.45) is 2.45. The van der Waals surface area contributed by atoms with Crippen LogP contribution in [0.3, 0.4) is 0 Å². The molecule has 6 nitrogen and oxygen atoms in total. The smallest absolute Gasteiger partial charge is 0.257 e. The molecule has 4 rings (SSSR count). The molecule has 1 amide bonds. The number of benzene rings is 1. The molecule has 1 aliphatic carbocycles. The second kappa shape index (κ2) is 8.33. The Hall–Kier alpha value is -2.73. The molecule has 1 saturated carbocycles. The highest BCUT2D eigenvalue weighted by molar-refractivity contribution is 6.02. The predicted octanol–water partition coefficient (Wildman–Crippen LogP) is 3.16. The van der Waals surface area contributed by atoms with Crippen LogP contribution in [0, 0.1) is 5.92 Å². The van der Waals surface area contributed by atoms with Crippen LogP contribution in [0.2, 0.25) is 0 Å². The standard InChI is InChI=1S/C23H28N4O2/c1-16(28)18-5-3-4-6-19(18)21-10-9-20(22(25-21)24-15-17-7-8-17)23(29)27-13-11-26(2)12-14-27/h3-6,9-10,17H,7-8,11-15H2,1-2H3,(H,24,25). The Kier molecular flexibility index (Phi) is 5.62. The molecule has 0 bridgehead atoms. The molecule has 0 unspecified atom stereocenters. The van der Waals surface area contributed by atoms with Gasteiger partial charge in [0.25, 0.3) is 5.91 Å². The number of amides is 1. The average Bonchev–Trinajstić information content (AvgIpc) is 3.56. The van der Waals surface area contributed by atoms with Gasteiger partial charge in [0.2, 0.25) is 0 Å². The predicted molar refractivity (Wildman–Crippen MR) is 114 cm³/mol. The molecule has 6 heteroatoms. The third-order valence-corrected chi connectivity index (χ3v) is 5.75. The van der Waals surface area contributed by atoms with Gasteiger partial charge in [-0.3, -0.25) is 9.59 Å². The molecule has 2 fully saturated rings. The minimum Gasteiger partial charge on any atom is -0.369 e. The summed E-state index contributed by atoms with van der Waals surface area (Å²) in [5.74, 6) is 1.32. The average molecular weight is 393 g/mol. The summed E-state index contributed by atoms with van der Waals surface area (Å²) < 4.78 is 0. The van der Waals surface area contributed by atoms with Crippen molar-refractivity contribution < 1.29 is 9.59 Å². The van der Waals surface area contributed by atoms with Gasteiger partial charge in [-0.2, -0.15) is 0 Å². The molecule has 152 valence electrons. The number of likely N-dealkylation sites (N-methyl/N-ethyl adjacent to an activating group) is 1. The van der Waals surface area contributed by atoms with E-state index in [1.165, 1.54) is 12.8 Å². The molecule has 1 saturated heterocycles. The van der Waals surface area contributed by atoms with E-state index in [0.29, 0.717) is 28.6 Å². The van der Waals surface area contributed by atoms with E-state index in [4.69, 9.17) is 4.98 Å². The topological polar surface area (TPSA) is 65.5 Å². The van der Waals surface area contributed by atoms with Crippen molar-refractivity contribution in [2.45, 2.75) is 19.8 Å². The lowest BCUT2D eigenvalue weighted by atomic mass is 10.0. The van der Waals surface area contributed by atoms with Crippen LogP contribution in [0.4, 0.5) is 5.82 Å². The maximum absolute atomic E-state index is 13.2. The number of Topliss-reactive ketones (excluding diaryl/α,β-unsaturated/α-hetero) is 1. The Balaban J connectivity index is 1.66. The number of pyridine rings is 1. The van der Waals surface area contributed by atoms with E-state index in [1.807, 2.05) is 41.3 Å². The monoisotopic (exact) mass is 392 g/mol. The molecule has 1 aromatic heterocycles. The van der Waals surface area contributed by atoms with Crippen molar-refractivity contribution >= 4 is 17.5 Å². The Morgan fingerprint density at radius 1 is 1.03 bits per heavy atom. The van der Waals surface area contributed by atoms with Crippen LogP contribution < -0.4 is 5.32 Å². The Labute approximate surface area is 171 Å². The van der Waals surface area contributed by atoms with Crippen molar-refractivity contribution in [1.29, 1.82) is 0 Å². The highest BCUT2D eigenvalue weighted by Gasteiger charge is 2.26. The van der Waals surface area contributed by atoms with E-state index in [0.717, 1.165) is 38.3 Å². The minimum atomic E-state index is 0.00693. The highest BCUT2D eigenvalue weighted by Crippen LogP contribution is 2.31. The van der Waals surface area contributed by atoms with Crippen molar-refractivity contribution in [3.05, 3.63) is 47.5 Å². The summed E-state index contributed by atoms with van der Waals surface area (Å²) in [7, 11) is 2.08. The van der Waals surface area contributed by atoms with E-state index in [-0.39, 0.29) is 11.7 Å². The Morgan fingerprint density at radius 2 is 1.76 bits per heavy atom.